The molecule has 0 unspecified atom stereocenters. The van der Waals surface area contributed by atoms with Gasteiger partial charge in [0.15, 0.2) is 11.6 Å². The third-order valence-corrected chi connectivity index (χ3v) is 5.68. The fourth-order valence-corrected chi connectivity index (χ4v) is 3.76. The Morgan fingerprint density at radius 1 is 0.903 bits per heavy atom. The van der Waals surface area contributed by atoms with E-state index < -0.39 is 11.6 Å². The predicted molar refractivity (Wildman–Crippen MR) is 116 cm³/mol. The van der Waals surface area contributed by atoms with Crippen LogP contribution >= 0.6 is 0 Å². The van der Waals surface area contributed by atoms with Crippen molar-refractivity contribution in [2.75, 3.05) is 74.5 Å². The molecule has 1 aromatic carbocycles. The van der Waals surface area contributed by atoms with Crippen molar-refractivity contribution in [2.24, 2.45) is 0 Å². The van der Waals surface area contributed by atoms with Gasteiger partial charge in [0.1, 0.15) is 5.82 Å². The fraction of sp³-hybridized carbons (Fsp3) is 0.476. The molecule has 1 N–H and O–H groups in total. The minimum atomic E-state index is -0.990. The van der Waals surface area contributed by atoms with Crippen LogP contribution in [-0.2, 0) is 0 Å². The van der Waals surface area contributed by atoms with E-state index in [2.05, 4.69) is 32.0 Å². The number of aryl methyl sites for hydroxylation is 1. The molecule has 10 heteroatoms. The summed E-state index contributed by atoms with van der Waals surface area (Å²) in [6, 6.07) is 4.99. The van der Waals surface area contributed by atoms with Crippen LogP contribution < -0.4 is 15.1 Å². The maximum absolute atomic E-state index is 13.4. The summed E-state index contributed by atoms with van der Waals surface area (Å²) in [5.41, 5.74) is 1.14. The highest BCUT2D eigenvalue weighted by molar-refractivity contribution is 5.89. The van der Waals surface area contributed by atoms with Gasteiger partial charge in [-0.15, -0.1) is 0 Å². The quantitative estimate of drug-likeness (QED) is 0.804. The summed E-state index contributed by atoms with van der Waals surface area (Å²) >= 11 is 0. The Kier molecular flexibility index (Phi) is 6.17. The predicted octanol–water partition coefficient (Wildman–Crippen LogP) is 2.17. The molecule has 1 aromatic heterocycles. The second-order valence-electron chi connectivity index (χ2n) is 7.99. The van der Waals surface area contributed by atoms with E-state index >= 15 is 0 Å². The normalized spacial score (nSPS) is 17.7. The minimum Gasteiger partial charge on any atom is -0.354 e. The summed E-state index contributed by atoms with van der Waals surface area (Å²) in [5.74, 6) is -0.320. The monoisotopic (exact) mass is 431 g/mol. The first-order valence-electron chi connectivity index (χ1n) is 10.4. The van der Waals surface area contributed by atoms with Crippen molar-refractivity contribution in [3.8, 4) is 0 Å². The average Bonchev–Trinajstić information content (AvgIpc) is 2.76. The number of likely N-dealkylation sites (N-methyl/N-ethyl adjacent to an activating group) is 1. The van der Waals surface area contributed by atoms with Crippen LogP contribution in [0.3, 0.4) is 0 Å². The molecule has 2 aromatic rings. The first-order valence-corrected chi connectivity index (χ1v) is 10.4. The van der Waals surface area contributed by atoms with Crippen molar-refractivity contribution in [1.82, 2.24) is 19.8 Å². The van der Waals surface area contributed by atoms with Crippen molar-refractivity contribution in [2.45, 2.75) is 6.92 Å². The molecule has 0 radical (unpaired) electrons. The lowest BCUT2D eigenvalue weighted by atomic mass is 10.3. The molecule has 2 fully saturated rings. The second-order valence-corrected chi connectivity index (χ2v) is 7.99. The number of piperazine rings is 2. The van der Waals surface area contributed by atoms with Crippen molar-refractivity contribution in [3.05, 3.63) is 41.6 Å². The molecule has 0 bridgehead atoms. The van der Waals surface area contributed by atoms with Gasteiger partial charge in [0.25, 0.3) is 0 Å². The van der Waals surface area contributed by atoms with Crippen LogP contribution in [0, 0.1) is 18.6 Å². The lowest BCUT2D eigenvalue weighted by Crippen LogP contribution is -2.50. The third-order valence-electron chi connectivity index (χ3n) is 5.68. The van der Waals surface area contributed by atoms with E-state index in [4.69, 9.17) is 4.98 Å². The molecular weight excluding hydrogens is 404 g/mol. The van der Waals surface area contributed by atoms with Crippen LogP contribution in [-0.4, -0.2) is 85.2 Å². The number of hydrogen-bond donors (Lipinski definition) is 1. The molecule has 0 atom stereocenters. The number of carbonyl (C=O) groups excluding carboxylic acids is 1. The Bertz CT molecular complexity index is 941. The van der Waals surface area contributed by atoms with E-state index in [1.807, 2.05) is 13.0 Å². The van der Waals surface area contributed by atoms with Crippen molar-refractivity contribution < 1.29 is 13.6 Å². The number of aromatic nitrogens is 2. The largest absolute Gasteiger partial charge is 0.354 e. The maximum atomic E-state index is 13.4. The van der Waals surface area contributed by atoms with Crippen LogP contribution in [0.2, 0.25) is 0 Å². The standard InChI is InChI=1S/C21H27F2N7O/c1-15-13-19(28-7-5-27(2)6-8-28)26-20(24-15)29-9-11-30(12-10-29)21(31)25-16-3-4-17(22)18(23)14-16/h3-4,13-14H,5-12H2,1-2H3,(H,25,31). The SMILES string of the molecule is Cc1cc(N2CCN(C)CC2)nc(N2CCN(C(=O)Nc3ccc(F)c(F)c3)CC2)n1. The lowest BCUT2D eigenvalue weighted by molar-refractivity contribution is 0.208. The summed E-state index contributed by atoms with van der Waals surface area (Å²) in [4.78, 5) is 30.2. The number of nitrogens with one attached hydrogen (secondary N) is 1. The Labute approximate surface area is 180 Å². The van der Waals surface area contributed by atoms with E-state index in [-0.39, 0.29) is 11.7 Å². The van der Waals surface area contributed by atoms with Gasteiger partial charge in [-0.05, 0) is 26.1 Å². The molecule has 4 rings (SSSR count). The van der Waals surface area contributed by atoms with Gasteiger partial charge in [-0.1, -0.05) is 0 Å². The van der Waals surface area contributed by atoms with Crippen LogP contribution in [0.5, 0.6) is 0 Å². The van der Waals surface area contributed by atoms with Crippen molar-refractivity contribution in [1.29, 1.82) is 0 Å². The van der Waals surface area contributed by atoms with E-state index in [1.165, 1.54) is 6.07 Å². The molecule has 2 saturated heterocycles. The van der Waals surface area contributed by atoms with E-state index in [9.17, 15) is 13.6 Å². The molecule has 0 spiro atoms. The minimum absolute atomic E-state index is 0.227. The smallest absolute Gasteiger partial charge is 0.321 e. The van der Waals surface area contributed by atoms with E-state index in [0.29, 0.717) is 32.1 Å². The molecule has 0 saturated carbocycles. The van der Waals surface area contributed by atoms with Gasteiger partial charge < -0.3 is 24.9 Å². The summed E-state index contributed by atoms with van der Waals surface area (Å²) in [5, 5.41) is 2.62. The zero-order valence-electron chi connectivity index (χ0n) is 17.8. The number of rotatable bonds is 3. The second kappa shape index (κ2) is 9.01. The molecule has 3 heterocycles. The van der Waals surface area contributed by atoms with Gasteiger partial charge in [0.2, 0.25) is 5.95 Å². The first kappa shape index (κ1) is 21.2. The zero-order valence-corrected chi connectivity index (χ0v) is 17.8. The Morgan fingerprint density at radius 2 is 1.58 bits per heavy atom. The van der Waals surface area contributed by atoms with Crippen molar-refractivity contribution >= 4 is 23.5 Å². The zero-order chi connectivity index (χ0) is 22.0. The summed E-state index contributed by atoms with van der Waals surface area (Å²) in [7, 11) is 2.12. The molecule has 2 aliphatic rings. The Morgan fingerprint density at radius 3 is 2.26 bits per heavy atom. The van der Waals surface area contributed by atoms with E-state index in [0.717, 1.165) is 49.8 Å². The molecule has 31 heavy (non-hydrogen) atoms. The van der Waals surface area contributed by atoms with Crippen LogP contribution in [0.4, 0.5) is 31.0 Å². The lowest BCUT2D eigenvalue weighted by Gasteiger charge is -2.36. The van der Waals surface area contributed by atoms with Crippen LogP contribution in [0.1, 0.15) is 5.69 Å². The maximum Gasteiger partial charge on any atom is 0.321 e. The molecular formula is C21H27F2N7O. The number of hydrogen-bond acceptors (Lipinski definition) is 6. The molecule has 2 aliphatic heterocycles. The summed E-state index contributed by atoms with van der Waals surface area (Å²) < 4.78 is 26.4. The molecule has 166 valence electrons. The van der Waals surface area contributed by atoms with Gasteiger partial charge in [-0.3, -0.25) is 0 Å². The van der Waals surface area contributed by atoms with Gasteiger partial charge in [0, 0.05) is 75.9 Å². The van der Waals surface area contributed by atoms with Gasteiger partial charge in [-0.2, -0.15) is 4.98 Å². The highest BCUT2D eigenvalue weighted by atomic mass is 19.2. The number of anilines is 3. The van der Waals surface area contributed by atoms with E-state index in [1.54, 1.807) is 4.90 Å². The molecule has 2 amide bonds. The Balaban J connectivity index is 1.37. The highest BCUT2D eigenvalue weighted by Gasteiger charge is 2.24. The van der Waals surface area contributed by atoms with Gasteiger partial charge in [0.05, 0.1) is 0 Å². The molecule has 0 aliphatic carbocycles. The van der Waals surface area contributed by atoms with Crippen LogP contribution in [0.25, 0.3) is 0 Å². The van der Waals surface area contributed by atoms with Crippen LogP contribution in [0.15, 0.2) is 24.3 Å². The number of nitrogens with zero attached hydrogens (tertiary/aromatic N) is 6. The fourth-order valence-electron chi connectivity index (χ4n) is 3.76. The van der Waals surface area contributed by atoms with Gasteiger partial charge >= 0.3 is 6.03 Å². The average molecular weight is 431 g/mol. The van der Waals surface area contributed by atoms with Crippen molar-refractivity contribution in [3.63, 3.8) is 0 Å². The Hall–Kier alpha value is -3.01. The summed E-state index contributed by atoms with van der Waals surface area (Å²) in [6.07, 6.45) is 0. The number of urea groups is 1. The molecule has 8 nitrogen and oxygen atoms in total. The number of halogens is 2. The number of benzene rings is 1. The topological polar surface area (TPSA) is 67.8 Å². The number of amides is 2. The van der Waals surface area contributed by atoms with Gasteiger partial charge in [-0.25, -0.2) is 18.6 Å². The first-order chi connectivity index (χ1) is 14.9. The highest BCUT2D eigenvalue weighted by Crippen LogP contribution is 2.20. The number of carbonyl (C=O) groups is 1. The summed E-state index contributed by atoms with van der Waals surface area (Å²) in [6.45, 7) is 8.00. The third kappa shape index (κ3) is 5.01.